The Balaban J connectivity index is 1.80. The molecule has 2 rings (SSSR count). The van der Waals surface area contributed by atoms with Gasteiger partial charge in [0.1, 0.15) is 0 Å². The van der Waals surface area contributed by atoms with E-state index in [0.29, 0.717) is 13.1 Å². The first-order valence-electron chi connectivity index (χ1n) is 8.35. The monoisotopic (exact) mass is 296 g/mol. The fraction of sp³-hybridized carbons (Fsp3) is 0.875. The van der Waals surface area contributed by atoms with Crippen LogP contribution in [0, 0.1) is 11.8 Å². The van der Waals surface area contributed by atoms with Crippen LogP contribution in [0.15, 0.2) is 0 Å². The summed E-state index contributed by atoms with van der Waals surface area (Å²) in [6.07, 6.45) is 6.57. The number of amides is 2. The molecule has 0 spiro atoms. The molecule has 2 aliphatic rings. The van der Waals surface area contributed by atoms with Gasteiger partial charge in [-0.25, -0.2) is 4.79 Å². The summed E-state index contributed by atoms with van der Waals surface area (Å²) in [6.45, 7) is 5.42. The molecule has 2 amide bonds. The van der Waals surface area contributed by atoms with Gasteiger partial charge in [0.15, 0.2) is 0 Å². The molecule has 120 valence electrons. The molecule has 1 N–H and O–H groups in total. The molecule has 1 atom stereocenters. The Labute approximate surface area is 127 Å². The molecule has 5 nitrogen and oxygen atoms in total. The number of carboxylic acids is 1. The average molecular weight is 296 g/mol. The second-order valence-electron chi connectivity index (χ2n) is 6.50. The normalized spacial score (nSPS) is 24.7. The third-order valence-electron chi connectivity index (χ3n) is 5.04. The lowest BCUT2D eigenvalue weighted by Gasteiger charge is -2.35. The maximum absolute atomic E-state index is 12.6. The van der Waals surface area contributed by atoms with Gasteiger partial charge in [-0.15, -0.1) is 0 Å². The third kappa shape index (κ3) is 4.61. The molecule has 0 bridgehead atoms. The lowest BCUT2D eigenvalue weighted by Crippen LogP contribution is -2.47. The van der Waals surface area contributed by atoms with E-state index in [4.69, 9.17) is 5.11 Å². The minimum absolute atomic E-state index is 0.167. The third-order valence-corrected chi connectivity index (χ3v) is 5.04. The highest BCUT2D eigenvalue weighted by Gasteiger charge is 2.28. The van der Waals surface area contributed by atoms with Gasteiger partial charge in [-0.1, -0.05) is 13.3 Å². The number of carbonyl (C=O) groups excluding carboxylic acids is 1. The molecular formula is C16H28N2O3. The van der Waals surface area contributed by atoms with Crippen LogP contribution in [0.3, 0.4) is 0 Å². The number of nitrogens with zero attached hydrogens (tertiary/aromatic N) is 2. The second-order valence-corrected chi connectivity index (χ2v) is 6.50. The van der Waals surface area contributed by atoms with E-state index in [0.717, 1.165) is 44.7 Å². The largest absolute Gasteiger partial charge is 0.481 e. The van der Waals surface area contributed by atoms with Crippen molar-refractivity contribution in [2.75, 3.05) is 26.2 Å². The molecule has 0 radical (unpaired) electrons. The quantitative estimate of drug-likeness (QED) is 0.871. The number of piperidine rings is 1. The highest BCUT2D eigenvalue weighted by atomic mass is 16.4. The molecule has 0 aromatic heterocycles. The number of hydrogen-bond donors (Lipinski definition) is 1. The Morgan fingerprint density at radius 1 is 0.952 bits per heavy atom. The van der Waals surface area contributed by atoms with E-state index in [1.165, 1.54) is 12.8 Å². The number of carboxylic acid groups (broad SMARTS) is 1. The Hall–Kier alpha value is -1.26. The Morgan fingerprint density at radius 2 is 1.52 bits per heavy atom. The Kier molecular flexibility index (Phi) is 5.88. The average Bonchev–Trinajstić information content (AvgIpc) is 2.72. The molecule has 2 aliphatic heterocycles. The van der Waals surface area contributed by atoms with Crippen LogP contribution >= 0.6 is 0 Å². The van der Waals surface area contributed by atoms with E-state index in [-0.39, 0.29) is 18.4 Å². The minimum Gasteiger partial charge on any atom is -0.481 e. The molecule has 0 aromatic rings. The van der Waals surface area contributed by atoms with Crippen molar-refractivity contribution in [2.24, 2.45) is 11.8 Å². The molecular weight excluding hydrogens is 268 g/mol. The van der Waals surface area contributed by atoms with Crippen molar-refractivity contribution in [2.45, 2.75) is 51.9 Å². The van der Waals surface area contributed by atoms with Gasteiger partial charge in [0, 0.05) is 32.6 Å². The highest BCUT2D eigenvalue weighted by Crippen LogP contribution is 2.24. The summed E-state index contributed by atoms with van der Waals surface area (Å²) in [4.78, 5) is 27.2. The van der Waals surface area contributed by atoms with E-state index in [9.17, 15) is 9.59 Å². The number of hydrogen-bond acceptors (Lipinski definition) is 2. The molecule has 0 saturated carbocycles. The summed E-state index contributed by atoms with van der Waals surface area (Å²) in [7, 11) is 0. The number of urea groups is 1. The molecule has 21 heavy (non-hydrogen) atoms. The Bertz CT molecular complexity index is 365. The lowest BCUT2D eigenvalue weighted by atomic mass is 9.94. The van der Waals surface area contributed by atoms with Gasteiger partial charge in [-0.2, -0.15) is 0 Å². The van der Waals surface area contributed by atoms with Crippen molar-refractivity contribution < 1.29 is 14.7 Å². The van der Waals surface area contributed by atoms with Gasteiger partial charge in [-0.3, -0.25) is 4.79 Å². The van der Waals surface area contributed by atoms with Crippen molar-refractivity contribution in [3.8, 4) is 0 Å². The fourth-order valence-corrected chi connectivity index (χ4v) is 3.54. The summed E-state index contributed by atoms with van der Waals surface area (Å²) in [5, 5.41) is 8.84. The van der Waals surface area contributed by atoms with Crippen LogP contribution in [0.5, 0.6) is 0 Å². The maximum atomic E-state index is 12.6. The smallest absolute Gasteiger partial charge is 0.319 e. The summed E-state index contributed by atoms with van der Waals surface area (Å²) >= 11 is 0. The van der Waals surface area contributed by atoms with Crippen LogP contribution in [0.1, 0.15) is 51.9 Å². The predicted octanol–water partition coefficient (Wildman–Crippen LogP) is 2.81. The summed E-state index contributed by atoms with van der Waals surface area (Å²) in [6, 6.07) is 0.167. The SMILES string of the molecule is CCC1CCCN(C(=O)N2CCC(CC(=O)O)CC2)CC1. The zero-order chi connectivity index (χ0) is 15.2. The molecule has 1 unspecified atom stereocenters. The first-order chi connectivity index (χ1) is 10.1. The van der Waals surface area contributed by atoms with Crippen molar-refractivity contribution >= 4 is 12.0 Å². The summed E-state index contributed by atoms with van der Waals surface area (Å²) in [5.74, 6) is 0.280. The van der Waals surface area contributed by atoms with Gasteiger partial charge < -0.3 is 14.9 Å². The first kappa shape index (κ1) is 16.1. The number of likely N-dealkylation sites (tertiary alicyclic amines) is 2. The summed E-state index contributed by atoms with van der Waals surface area (Å²) < 4.78 is 0. The van der Waals surface area contributed by atoms with Gasteiger partial charge >= 0.3 is 12.0 Å². The maximum Gasteiger partial charge on any atom is 0.319 e. The molecule has 2 fully saturated rings. The molecule has 2 saturated heterocycles. The van der Waals surface area contributed by atoms with E-state index in [1.807, 2.05) is 9.80 Å². The van der Waals surface area contributed by atoms with Crippen LogP contribution in [-0.4, -0.2) is 53.1 Å². The zero-order valence-corrected chi connectivity index (χ0v) is 13.1. The number of carbonyl (C=O) groups is 2. The van der Waals surface area contributed by atoms with Crippen LogP contribution in [0.2, 0.25) is 0 Å². The second kappa shape index (κ2) is 7.66. The molecule has 2 heterocycles. The molecule has 0 aromatic carbocycles. The minimum atomic E-state index is -0.724. The predicted molar refractivity (Wildman–Crippen MR) is 81.2 cm³/mol. The van der Waals surface area contributed by atoms with Crippen LogP contribution in [0.25, 0.3) is 0 Å². The lowest BCUT2D eigenvalue weighted by molar-refractivity contribution is -0.138. The van der Waals surface area contributed by atoms with Crippen LogP contribution < -0.4 is 0 Å². The van der Waals surface area contributed by atoms with E-state index < -0.39 is 5.97 Å². The van der Waals surface area contributed by atoms with Gasteiger partial charge in [0.25, 0.3) is 0 Å². The first-order valence-corrected chi connectivity index (χ1v) is 8.35. The van der Waals surface area contributed by atoms with Crippen LogP contribution in [-0.2, 0) is 4.79 Å². The topological polar surface area (TPSA) is 60.9 Å². The molecule has 5 heteroatoms. The standard InChI is InChI=1S/C16H28N2O3/c1-2-13-4-3-8-17(9-5-13)16(21)18-10-6-14(7-11-18)12-15(19)20/h13-14H,2-12H2,1H3,(H,19,20). The zero-order valence-electron chi connectivity index (χ0n) is 13.1. The fourth-order valence-electron chi connectivity index (χ4n) is 3.54. The van der Waals surface area contributed by atoms with Crippen molar-refractivity contribution in [3.05, 3.63) is 0 Å². The Morgan fingerprint density at radius 3 is 2.10 bits per heavy atom. The van der Waals surface area contributed by atoms with Gasteiger partial charge in [0.2, 0.25) is 0 Å². The summed E-state index contributed by atoms with van der Waals surface area (Å²) in [5.41, 5.74) is 0. The van der Waals surface area contributed by atoms with Crippen molar-refractivity contribution in [3.63, 3.8) is 0 Å². The van der Waals surface area contributed by atoms with E-state index in [1.54, 1.807) is 0 Å². The van der Waals surface area contributed by atoms with Crippen molar-refractivity contribution in [1.82, 2.24) is 9.80 Å². The van der Waals surface area contributed by atoms with E-state index >= 15 is 0 Å². The molecule has 0 aliphatic carbocycles. The number of aliphatic carboxylic acids is 1. The van der Waals surface area contributed by atoms with Gasteiger partial charge in [0.05, 0.1) is 0 Å². The highest BCUT2D eigenvalue weighted by molar-refractivity contribution is 5.74. The van der Waals surface area contributed by atoms with E-state index in [2.05, 4.69) is 6.92 Å². The number of rotatable bonds is 3. The van der Waals surface area contributed by atoms with Crippen molar-refractivity contribution in [1.29, 1.82) is 0 Å². The van der Waals surface area contributed by atoms with Gasteiger partial charge in [-0.05, 0) is 43.9 Å². The van der Waals surface area contributed by atoms with Crippen LogP contribution in [0.4, 0.5) is 4.79 Å².